The molecule has 2 aromatic rings. The van der Waals surface area contributed by atoms with Crippen LogP contribution in [0.5, 0.6) is 0 Å². The molecule has 1 atom stereocenters. The second-order valence-corrected chi connectivity index (χ2v) is 5.42. The molecule has 1 N–H and O–H groups in total. The Morgan fingerprint density at radius 2 is 2.15 bits per heavy atom. The van der Waals surface area contributed by atoms with Crippen LogP contribution in [0.25, 0.3) is 0 Å². The zero-order chi connectivity index (χ0) is 14.4. The number of aromatic nitrogens is 3. The van der Waals surface area contributed by atoms with Gasteiger partial charge < -0.3 is 9.84 Å². The first-order chi connectivity index (χ1) is 9.67. The monoisotopic (exact) mass is 274 g/mol. The van der Waals surface area contributed by atoms with Gasteiger partial charge in [-0.25, -0.2) is 0 Å². The van der Waals surface area contributed by atoms with E-state index < -0.39 is 0 Å². The van der Waals surface area contributed by atoms with Crippen molar-refractivity contribution in [3.8, 4) is 0 Å². The van der Waals surface area contributed by atoms with Gasteiger partial charge in [0.15, 0.2) is 5.82 Å². The minimum atomic E-state index is 0.373. The molecule has 1 unspecified atom stereocenters. The molecule has 0 aliphatic heterocycles. The van der Waals surface area contributed by atoms with Gasteiger partial charge in [0.25, 0.3) is 0 Å². The zero-order valence-electron chi connectivity index (χ0n) is 12.3. The van der Waals surface area contributed by atoms with E-state index >= 15 is 0 Å². The van der Waals surface area contributed by atoms with Crippen LogP contribution in [0.3, 0.4) is 0 Å². The number of nitrogens with one attached hydrogen (secondary N) is 1. The predicted octanol–water partition coefficient (Wildman–Crippen LogP) is 2.23. The third kappa shape index (κ3) is 4.42. The number of hydrogen-bond acceptors (Lipinski definition) is 5. The Bertz CT molecular complexity index is 510. The molecule has 5 heteroatoms. The highest BCUT2D eigenvalue weighted by atomic mass is 16.5. The Morgan fingerprint density at radius 1 is 1.30 bits per heavy atom. The van der Waals surface area contributed by atoms with Gasteiger partial charge in [-0.15, -0.1) is 0 Å². The second-order valence-electron chi connectivity index (χ2n) is 5.42. The Hall–Kier alpha value is -1.75. The van der Waals surface area contributed by atoms with Crippen molar-refractivity contribution in [2.24, 2.45) is 5.92 Å². The molecule has 0 aliphatic rings. The molecule has 0 aliphatic carbocycles. The van der Waals surface area contributed by atoms with Crippen LogP contribution in [-0.2, 0) is 12.8 Å². The summed E-state index contributed by atoms with van der Waals surface area (Å²) < 4.78 is 5.32. The van der Waals surface area contributed by atoms with E-state index in [-0.39, 0.29) is 0 Å². The third-order valence-electron chi connectivity index (χ3n) is 3.16. The summed E-state index contributed by atoms with van der Waals surface area (Å²) in [7, 11) is 1.97. The average Bonchev–Trinajstić information content (AvgIpc) is 2.86. The van der Waals surface area contributed by atoms with E-state index in [9.17, 15) is 0 Å². The first-order valence-electron chi connectivity index (χ1n) is 7.06. The fourth-order valence-corrected chi connectivity index (χ4v) is 2.19. The van der Waals surface area contributed by atoms with E-state index in [1.807, 2.05) is 25.2 Å². The Kier molecular flexibility index (Phi) is 5.24. The molecule has 0 bridgehead atoms. The molecule has 0 saturated heterocycles. The molecular formula is C15H22N4O. The van der Waals surface area contributed by atoms with Crippen molar-refractivity contribution in [3.63, 3.8) is 0 Å². The van der Waals surface area contributed by atoms with E-state index in [0.717, 1.165) is 18.5 Å². The summed E-state index contributed by atoms with van der Waals surface area (Å²) in [6.07, 6.45) is 4.24. The fraction of sp³-hybridized carbons (Fsp3) is 0.533. The average molecular weight is 274 g/mol. The quantitative estimate of drug-likeness (QED) is 0.839. The summed E-state index contributed by atoms with van der Waals surface area (Å²) in [6, 6.07) is 6.20. The van der Waals surface area contributed by atoms with Gasteiger partial charge in [0.05, 0.1) is 6.42 Å². The highest BCUT2D eigenvalue weighted by molar-refractivity contribution is 5.09. The number of likely N-dealkylation sites (N-methyl/N-ethyl adjacent to an activating group) is 1. The molecule has 0 saturated carbocycles. The second kappa shape index (κ2) is 7.14. The van der Waals surface area contributed by atoms with Gasteiger partial charge in [0.2, 0.25) is 5.89 Å². The lowest BCUT2D eigenvalue weighted by atomic mass is 10.0. The SMILES string of the molecule is CNC(Cc1nc(Cc2ccccn2)no1)CC(C)C. The summed E-state index contributed by atoms with van der Waals surface area (Å²) in [6.45, 7) is 4.43. The van der Waals surface area contributed by atoms with E-state index in [1.165, 1.54) is 0 Å². The lowest BCUT2D eigenvalue weighted by molar-refractivity contribution is 0.342. The Morgan fingerprint density at radius 3 is 2.80 bits per heavy atom. The molecule has 0 aromatic carbocycles. The van der Waals surface area contributed by atoms with Gasteiger partial charge >= 0.3 is 0 Å². The first kappa shape index (κ1) is 14.7. The van der Waals surface area contributed by atoms with Gasteiger partial charge in [-0.2, -0.15) is 4.98 Å². The molecule has 0 amide bonds. The molecule has 2 heterocycles. The number of nitrogens with zero attached hydrogens (tertiary/aromatic N) is 3. The molecule has 5 nitrogen and oxygen atoms in total. The molecule has 2 rings (SSSR count). The maximum absolute atomic E-state index is 5.32. The number of rotatable bonds is 7. The van der Waals surface area contributed by atoms with Crippen LogP contribution in [0, 0.1) is 5.92 Å². The number of hydrogen-bond donors (Lipinski definition) is 1. The van der Waals surface area contributed by atoms with Crippen molar-refractivity contribution in [2.75, 3.05) is 7.05 Å². The summed E-state index contributed by atoms with van der Waals surface area (Å²) in [5.41, 5.74) is 0.951. The number of pyridine rings is 1. The van der Waals surface area contributed by atoms with Crippen LogP contribution in [-0.4, -0.2) is 28.2 Å². The van der Waals surface area contributed by atoms with Crippen molar-refractivity contribution < 1.29 is 4.52 Å². The summed E-state index contributed by atoms with van der Waals surface area (Å²) in [5.74, 6) is 2.03. The van der Waals surface area contributed by atoms with Gasteiger partial charge in [-0.3, -0.25) is 4.98 Å². The largest absolute Gasteiger partial charge is 0.339 e. The predicted molar refractivity (Wildman–Crippen MR) is 77.3 cm³/mol. The van der Waals surface area contributed by atoms with Crippen molar-refractivity contribution in [1.82, 2.24) is 20.4 Å². The minimum absolute atomic E-state index is 0.373. The van der Waals surface area contributed by atoms with E-state index in [0.29, 0.717) is 30.1 Å². The maximum Gasteiger partial charge on any atom is 0.228 e. The molecule has 0 spiro atoms. The summed E-state index contributed by atoms with van der Waals surface area (Å²) in [5, 5.41) is 7.32. The minimum Gasteiger partial charge on any atom is -0.339 e. The van der Waals surface area contributed by atoms with Crippen molar-refractivity contribution >= 4 is 0 Å². The summed E-state index contributed by atoms with van der Waals surface area (Å²) >= 11 is 0. The topological polar surface area (TPSA) is 63.8 Å². The summed E-state index contributed by atoms with van der Waals surface area (Å²) in [4.78, 5) is 8.71. The molecule has 0 fully saturated rings. The highest BCUT2D eigenvalue weighted by Crippen LogP contribution is 2.11. The molecule has 108 valence electrons. The van der Waals surface area contributed by atoms with E-state index in [1.54, 1.807) is 6.20 Å². The van der Waals surface area contributed by atoms with E-state index in [4.69, 9.17) is 4.52 Å². The van der Waals surface area contributed by atoms with Crippen LogP contribution in [0.2, 0.25) is 0 Å². The van der Waals surface area contributed by atoms with Crippen LogP contribution in [0.1, 0.15) is 37.7 Å². The third-order valence-corrected chi connectivity index (χ3v) is 3.16. The lowest BCUT2D eigenvalue weighted by Crippen LogP contribution is -2.29. The van der Waals surface area contributed by atoms with Crippen LogP contribution in [0.4, 0.5) is 0 Å². The molecule has 20 heavy (non-hydrogen) atoms. The normalized spacial score (nSPS) is 12.8. The Labute approximate surface area is 119 Å². The molecule has 2 aromatic heterocycles. The lowest BCUT2D eigenvalue weighted by Gasteiger charge is -2.15. The van der Waals surface area contributed by atoms with Gasteiger partial charge in [0.1, 0.15) is 0 Å². The fourth-order valence-electron chi connectivity index (χ4n) is 2.19. The molecular weight excluding hydrogens is 252 g/mol. The molecule has 0 radical (unpaired) electrons. The standard InChI is InChI=1S/C15H22N4O/c1-11(2)8-13(16-3)10-15-18-14(19-20-15)9-12-6-4-5-7-17-12/h4-7,11,13,16H,8-10H2,1-3H3. The van der Waals surface area contributed by atoms with Gasteiger partial charge in [-0.1, -0.05) is 25.1 Å². The van der Waals surface area contributed by atoms with Gasteiger partial charge in [-0.05, 0) is 31.5 Å². The van der Waals surface area contributed by atoms with Crippen molar-refractivity contribution in [2.45, 2.75) is 39.2 Å². The van der Waals surface area contributed by atoms with Crippen LogP contribution in [0.15, 0.2) is 28.9 Å². The van der Waals surface area contributed by atoms with Crippen LogP contribution < -0.4 is 5.32 Å². The maximum atomic E-state index is 5.32. The smallest absolute Gasteiger partial charge is 0.228 e. The van der Waals surface area contributed by atoms with Gasteiger partial charge in [0, 0.05) is 24.4 Å². The first-order valence-corrected chi connectivity index (χ1v) is 7.06. The highest BCUT2D eigenvalue weighted by Gasteiger charge is 2.14. The zero-order valence-corrected chi connectivity index (χ0v) is 12.3. The van der Waals surface area contributed by atoms with Crippen LogP contribution >= 0.6 is 0 Å². The van der Waals surface area contributed by atoms with E-state index in [2.05, 4.69) is 34.3 Å². The van der Waals surface area contributed by atoms with Crippen molar-refractivity contribution in [1.29, 1.82) is 0 Å². The Balaban J connectivity index is 1.95. The van der Waals surface area contributed by atoms with Crippen molar-refractivity contribution in [3.05, 3.63) is 41.8 Å².